The van der Waals surface area contributed by atoms with E-state index in [4.69, 9.17) is 4.74 Å². The molecule has 0 unspecified atom stereocenters. The molecule has 4 N–H and O–H groups in total. The van der Waals surface area contributed by atoms with Gasteiger partial charge in [0.1, 0.15) is 34.5 Å². The summed E-state index contributed by atoms with van der Waals surface area (Å²) in [5.41, 5.74) is 4.47. The van der Waals surface area contributed by atoms with Crippen molar-refractivity contribution in [2.45, 2.75) is 5.41 Å². The minimum Gasteiger partial charge on any atom is -0.508 e. The van der Waals surface area contributed by atoms with Crippen molar-refractivity contribution in [3.05, 3.63) is 118 Å². The lowest BCUT2D eigenvalue weighted by Gasteiger charge is -2.40. The zero-order chi connectivity index (χ0) is 26.6. The minimum atomic E-state index is -0.921. The van der Waals surface area contributed by atoms with Crippen molar-refractivity contribution in [2.24, 2.45) is 0 Å². The second kappa shape index (κ2) is 7.46. The SMILES string of the molecule is Oc1ccc2c(c1)C1(c3cc4ccc(O)cc4cc3Oc3cc4cc(O)c(Br)cc4cc31)c1cc(O)ccc1-2. The number of halogens is 1. The highest BCUT2D eigenvalue weighted by atomic mass is 79.9. The van der Waals surface area contributed by atoms with Crippen molar-refractivity contribution in [3.63, 3.8) is 0 Å². The van der Waals surface area contributed by atoms with Gasteiger partial charge in [-0.05, 0) is 133 Å². The van der Waals surface area contributed by atoms with E-state index in [2.05, 4.69) is 28.1 Å². The van der Waals surface area contributed by atoms with Crippen LogP contribution >= 0.6 is 15.9 Å². The Balaban J connectivity index is 1.59. The first-order valence-electron chi connectivity index (χ1n) is 12.4. The third-order valence-electron chi connectivity index (χ3n) is 8.06. The van der Waals surface area contributed by atoms with Crippen LogP contribution in [0.4, 0.5) is 0 Å². The van der Waals surface area contributed by atoms with E-state index >= 15 is 0 Å². The highest BCUT2D eigenvalue weighted by molar-refractivity contribution is 9.10. The normalized spacial score (nSPS) is 14.1. The number of hydrogen-bond donors (Lipinski definition) is 4. The smallest absolute Gasteiger partial charge is 0.132 e. The van der Waals surface area contributed by atoms with Crippen LogP contribution in [0.2, 0.25) is 0 Å². The monoisotopic (exact) mass is 574 g/mol. The van der Waals surface area contributed by atoms with Gasteiger partial charge in [0, 0.05) is 11.1 Å². The van der Waals surface area contributed by atoms with Gasteiger partial charge >= 0.3 is 0 Å². The third-order valence-corrected chi connectivity index (χ3v) is 8.69. The fourth-order valence-corrected chi connectivity index (χ4v) is 6.81. The zero-order valence-corrected chi connectivity index (χ0v) is 21.8. The Bertz CT molecular complexity index is 2010. The van der Waals surface area contributed by atoms with Crippen molar-refractivity contribution >= 4 is 37.5 Å². The molecule has 2 aliphatic rings. The standard InChI is InChI=1S/C33H19BrO5/c34-29-10-18-9-28-32(13-19(18)11-30(29)38)39-31-12-17-7-20(35)2-1-16(17)8-27(31)33(28)25-14-21(36)3-5-23(25)24-6-4-22(37)15-26(24)33/h1-15,35-38H. The van der Waals surface area contributed by atoms with Gasteiger partial charge in [-0.15, -0.1) is 0 Å². The van der Waals surface area contributed by atoms with E-state index in [1.807, 2.05) is 36.4 Å². The van der Waals surface area contributed by atoms with Crippen molar-refractivity contribution in [3.8, 4) is 45.6 Å². The average Bonchev–Trinajstić information content (AvgIpc) is 3.17. The van der Waals surface area contributed by atoms with E-state index in [-0.39, 0.29) is 23.0 Å². The Labute approximate surface area is 230 Å². The van der Waals surface area contributed by atoms with Crippen LogP contribution in [0.1, 0.15) is 22.3 Å². The predicted octanol–water partition coefficient (Wildman–Crippen LogP) is 8.05. The molecule has 6 aromatic rings. The van der Waals surface area contributed by atoms with Crippen molar-refractivity contribution in [1.82, 2.24) is 0 Å². The third kappa shape index (κ3) is 2.89. The van der Waals surface area contributed by atoms with Crippen LogP contribution in [0.5, 0.6) is 34.5 Å². The lowest BCUT2D eigenvalue weighted by atomic mass is 9.65. The molecule has 39 heavy (non-hydrogen) atoms. The summed E-state index contributed by atoms with van der Waals surface area (Å²) in [6.07, 6.45) is 0. The highest BCUT2D eigenvalue weighted by Crippen LogP contribution is 2.63. The van der Waals surface area contributed by atoms with E-state index in [1.54, 1.807) is 42.5 Å². The Morgan fingerprint density at radius 2 is 1.00 bits per heavy atom. The Morgan fingerprint density at radius 1 is 0.487 bits per heavy atom. The van der Waals surface area contributed by atoms with Crippen LogP contribution in [-0.2, 0) is 5.41 Å². The number of phenolic OH excluding ortho intramolecular Hbond substituents is 4. The summed E-state index contributed by atoms with van der Waals surface area (Å²) in [6.45, 7) is 0. The first-order valence-corrected chi connectivity index (χ1v) is 13.2. The fourth-order valence-electron chi connectivity index (χ4n) is 6.45. The number of hydrogen-bond acceptors (Lipinski definition) is 5. The van der Waals surface area contributed by atoms with Gasteiger partial charge in [-0.25, -0.2) is 0 Å². The maximum absolute atomic E-state index is 10.7. The number of fused-ring (bicyclic) bond motifs is 11. The maximum Gasteiger partial charge on any atom is 0.132 e. The molecule has 0 aromatic heterocycles. The molecule has 188 valence electrons. The van der Waals surface area contributed by atoms with Gasteiger partial charge < -0.3 is 25.2 Å². The molecule has 0 radical (unpaired) electrons. The first kappa shape index (κ1) is 22.3. The van der Waals surface area contributed by atoms with Gasteiger partial charge in [-0.1, -0.05) is 18.2 Å². The van der Waals surface area contributed by atoms with Crippen LogP contribution in [-0.4, -0.2) is 20.4 Å². The van der Waals surface area contributed by atoms with E-state index in [0.717, 1.165) is 54.9 Å². The van der Waals surface area contributed by atoms with Crippen LogP contribution < -0.4 is 4.74 Å². The summed E-state index contributed by atoms with van der Waals surface area (Å²) in [5, 5.41) is 45.5. The number of aromatic hydroxyl groups is 4. The largest absolute Gasteiger partial charge is 0.508 e. The predicted molar refractivity (Wildman–Crippen MR) is 153 cm³/mol. The molecule has 0 bridgehead atoms. The lowest BCUT2D eigenvalue weighted by molar-refractivity contribution is 0.435. The van der Waals surface area contributed by atoms with Crippen LogP contribution in [0.25, 0.3) is 32.7 Å². The summed E-state index contributed by atoms with van der Waals surface area (Å²) in [5.74, 6) is 1.76. The topological polar surface area (TPSA) is 90.2 Å². The van der Waals surface area contributed by atoms with E-state index in [0.29, 0.717) is 16.0 Å². The van der Waals surface area contributed by atoms with Crippen molar-refractivity contribution < 1.29 is 25.2 Å². The van der Waals surface area contributed by atoms with Crippen LogP contribution in [0.15, 0.2) is 95.5 Å². The molecule has 1 aliphatic heterocycles. The summed E-state index contributed by atoms with van der Waals surface area (Å²) in [4.78, 5) is 0. The van der Waals surface area contributed by atoms with Crippen LogP contribution in [0, 0.1) is 0 Å². The van der Waals surface area contributed by atoms with Gasteiger partial charge in [0.15, 0.2) is 0 Å². The number of phenols is 4. The lowest BCUT2D eigenvalue weighted by Crippen LogP contribution is -2.32. The number of rotatable bonds is 0. The molecule has 0 atom stereocenters. The molecule has 0 fully saturated rings. The minimum absolute atomic E-state index is 0.126. The van der Waals surface area contributed by atoms with Gasteiger partial charge in [-0.3, -0.25) is 0 Å². The molecule has 0 amide bonds. The summed E-state index contributed by atoms with van der Waals surface area (Å²) < 4.78 is 7.16. The van der Waals surface area contributed by atoms with Crippen molar-refractivity contribution in [2.75, 3.05) is 0 Å². The summed E-state index contributed by atoms with van der Waals surface area (Å²) in [7, 11) is 0. The highest BCUT2D eigenvalue weighted by Gasteiger charge is 2.51. The van der Waals surface area contributed by atoms with Gasteiger partial charge in [0.2, 0.25) is 0 Å². The van der Waals surface area contributed by atoms with Gasteiger partial charge in [0.05, 0.1) is 9.89 Å². The second-order valence-electron chi connectivity index (χ2n) is 10.2. The molecule has 8 rings (SSSR count). The number of ether oxygens (including phenoxy) is 1. The van der Waals surface area contributed by atoms with Crippen molar-refractivity contribution in [1.29, 1.82) is 0 Å². The average molecular weight is 575 g/mol. The molecular weight excluding hydrogens is 556 g/mol. The molecule has 5 nitrogen and oxygen atoms in total. The molecule has 0 saturated carbocycles. The second-order valence-corrected chi connectivity index (χ2v) is 11.0. The zero-order valence-electron chi connectivity index (χ0n) is 20.2. The summed E-state index contributed by atoms with van der Waals surface area (Å²) >= 11 is 3.45. The van der Waals surface area contributed by atoms with E-state index < -0.39 is 5.41 Å². The number of benzene rings is 6. The Kier molecular flexibility index (Phi) is 4.27. The van der Waals surface area contributed by atoms with E-state index in [9.17, 15) is 20.4 Å². The molecule has 0 saturated heterocycles. The quantitative estimate of drug-likeness (QED) is 0.147. The fraction of sp³-hybridized carbons (Fsp3) is 0.0303. The maximum atomic E-state index is 10.7. The molecule has 1 aliphatic carbocycles. The molecular formula is C33H19BrO5. The Hall–Kier alpha value is -4.68. The first-order chi connectivity index (χ1) is 18.8. The molecule has 6 heteroatoms. The molecule has 1 spiro atoms. The van der Waals surface area contributed by atoms with Gasteiger partial charge in [-0.2, -0.15) is 0 Å². The Morgan fingerprint density at radius 3 is 1.64 bits per heavy atom. The summed E-state index contributed by atoms with van der Waals surface area (Å²) in [6, 6.07) is 27.5. The van der Waals surface area contributed by atoms with Gasteiger partial charge in [0.25, 0.3) is 0 Å². The molecule has 1 heterocycles. The van der Waals surface area contributed by atoms with Crippen LogP contribution in [0.3, 0.4) is 0 Å². The molecule has 6 aromatic carbocycles. The van der Waals surface area contributed by atoms with E-state index in [1.165, 1.54) is 0 Å².